The van der Waals surface area contributed by atoms with Gasteiger partial charge in [-0.15, -0.1) is 11.3 Å². The molecule has 4 saturated carbocycles. The molecule has 1 aromatic heterocycles. The van der Waals surface area contributed by atoms with E-state index in [0.717, 1.165) is 66.3 Å². The molecule has 41 heavy (non-hydrogen) atoms. The molecule has 6 heteroatoms. The number of nitrogens with zero attached hydrogens (tertiary/aromatic N) is 1. The highest BCUT2D eigenvalue weighted by Gasteiger charge is 2.60. The summed E-state index contributed by atoms with van der Waals surface area (Å²) < 4.78 is 3.06. The number of carbonyl (C=O) groups is 1. The smallest absolute Gasteiger partial charge is 0.324 e. The van der Waals surface area contributed by atoms with E-state index in [1.54, 1.807) is 23.3 Å². The highest BCUT2D eigenvalue weighted by molar-refractivity contribution is 7.98. The predicted octanol–water partition coefficient (Wildman–Crippen LogP) is 9.67. The summed E-state index contributed by atoms with van der Waals surface area (Å²) in [6, 6.07) is -0.0280. The molecule has 4 fully saturated rings. The third-order valence-corrected chi connectivity index (χ3v) is 14.9. The molecule has 2 amide bonds. The summed E-state index contributed by atoms with van der Waals surface area (Å²) in [5.41, 5.74) is 2.34. The number of carbonyl (C=O) groups excluding carboxylic acids is 1. The van der Waals surface area contributed by atoms with E-state index in [0.29, 0.717) is 22.0 Å². The number of fused-ring (bicyclic) bond motifs is 5. The fourth-order valence-corrected chi connectivity index (χ4v) is 12.4. The first-order valence-electron chi connectivity index (χ1n) is 17.1. The number of hydrogen-bond donors (Lipinski definition) is 2. The molecule has 0 aromatic carbocycles. The standard InChI is InChI=1S/C35H55N3OS2/c1-5-24-21-28-30-16-13-26(34(30,3)19-17-31(28)35(4)18-7-6-10-29(24)35)9-8-20-36-33(39)38-41-27-14-11-25(12-15-27)32-22-40-23(2)37-32/h11,14,22,24-31H,5-10,12-13,15-21H2,1-4H3,(H2,36,38,39)/t24-,25?,26?,27?,28?,29?,30?,31-,34?,35?/m0/s1. The van der Waals surface area contributed by atoms with Crippen molar-refractivity contribution in [3.8, 4) is 0 Å². The Morgan fingerprint density at radius 2 is 1.88 bits per heavy atom. The minimum atomic E-state index is -0.0280. The summed E-state index contributed by atoms with van der Waals surface area (Å²) in [6.07, 6.45) is 23.8. The van der Waals surface area contributed by atoms with Crippen molar-refractivity contribution in [2.45, 2.75) is 129 Å². The van der Waals surface area contributed by atoms with Gasteiger partial charge in [0.15, 0.2) is 0 Å². The third-order valence-electron chi connectivity index (χ3n) is 13.1. The second kappa shape index (κ2) is 12.5. The molecular weight excluding hydrogens is 543 g/mol. The van der Waals surface area contributed by atoms with Gasteiger partial charge in [0.05, 0.1) is 10.7 Å². The maximum absolute atomic E-state index is 12.5. The first kappa shape index (κ1) is 30.0. The van der Waals surface area contributed by atoms with Gasteiger partial charge >= 0.3 is 6.03 Å². The van der Waals surface area contributed by atoms with Crippen molar-refractivity contribution in [2.75, 3.05) is 6.54 Å². The van der Waals surface area contributed by atoms with Gasteiger partial charge in [-0.2, -0.15) is 0 Å². The molecule has 10 atom stereocenters. The Labute approximate surface area is 258 Å². The maximum atomic E-state index is 12.5. The predicted molar refractivity (Wildman–Crippen MR) is 174 cm³/mol. The van der Waals surface area contributed by atoms with Crippen LogP contribution in [-0.2, 0) is 0 Å². The van der Waals surface area contributed by atoms with Crippen LogP contribution in [0.1, 0.15) is 127 Å². The lowest BCUT2D eigenvalue weighted by atomic mass is 9.42. The van der Waals surface area contributed by atoms with E-state index in [4.69, 9.17) is 0 Å². The molecule has 1 aromatic rings. The number of thiazole rings is 1. The van der Waals surface area contributed by atoms with Gasteiger partial charge in [-0.3, -0.25) is 4.72 Å². The van der Waals surface area contributed by atoms with Gasteiger partial charge in [-0.05, 0) is 136 Å². The average Bonchev–Trinajstić information content (AvgIpc) is 3.56. The Hall–Kier alpha value is -1.01. The fourth-order valence-electron chi connectivity index (χ4n) is 11.0. The van der Waals surface area contributed by atoms with E-state index >= 15 is 0 Å². The molecule has 2 N–H and O–H groups in total. The molecule has 0 bridgehead atoms. The lowest BCUT2D eigenvalue weighted by Gasteiger charge is -2.62. The average molecular weight is 598 g/mol. The van der Waals surface area contributed by atoms with Crippen molar-refractivity contribution in [1.29, 1.82) is 0 Å². The third kappa shape index (κ3) is 5.91. The van der Waals surface area contributed by atoms with Crippen molar-refractivity contribution in [1.82, 2.24) is 15.0 Å². The van der Waals surface area contributed by atoms with E-state index in [9.17, 15) is 4.79 Å². The largest absolute Gasteiger partial charge is 0.337 e. The zero-order valence-corrected chi connectivity index (χ0v) is 27.8. The summed E-state index contributed by atoms with van der Waals surface area (Å²) in [5, 5.41) is 6.83. The van der Waals surface area contributed by atoms with Crippen LogP contribution in [0.3, 0.4) is 0 Å². The van der Waals surface area contributed by atoms with Gasteiger partial charge in [0.1, 0.15) is 0 Å². The minimum absolute atomic E-state index is 0.0280. The number of urea groups is 1. The van der Waals surface area contributed by atoms with Crippen LogP contribution >= 0.6 is 23.3 Å². The summed E-state index contributed by atoms with van der Waals surface area (Å²) >= 11 is 3.29. The Bertz CT molecular complexity index is 1090. The highest BCUT2D eigenvalue weighted by atomic mass is 32.2. The van der Waals surface area contributed by atoms with Crippen molar-refractivity contribution < 1.29 is 4.79 Å². The Kier molecular flexibility index (Phi) is 9.19. The van der Waals surface area contributed by atoms with Crippen LogP contribution in [0.2, 0.25) is 0 Å². The molecule has 8 unspecified atom stereocenters. The molecule has 6 rings (SSSR count). The van der Waals surface area contributed by atoms with E-state index in [1.807, 2.05) is 0 Å². The molecule has 0 radical (unpaired) electrons. The van der Waals surface area contributed by atoms with Crippen molar-refractivity contribution >= 4 is 29.3 Å². The van der Waals surface area contributed by atoms with Crippen LogP contribution in [0.25, 0.3) is 0 Å². The molecule has 4 nitrogen and oxygen atoms in total. The van der Waals surface area contributed by atoms with Gasteiger partial charge in [0.25, 0.3) is 0 Å². The summed E-state index contributed by atoms with van der Waals surface area (Å²) in [5.74, 6) is 6.13. The van der Waals surface area contributed by atoms with E-state index in [1.165, 1.54) is 76.3 Å². The van der Waals surface area contributed by atoms with Crippen molar-refractivity contribution in [2.24, 2.45) is 46.3 Å². The van der Waals surface area contributed by atoms with Crippen LogP contribution in [-0.4, -0.2) is 22.8 Å². The summed E-state index contributed by atoms with van der Waals surface area (Å²) in [6.45, 7) is 10.7. The molecule has 5 aliphatic carbocycles. The van der Waals surface area contributed by atoms with Crippen molar-refractivity contribution in [3.05, 3.63) is 28.2 Å². The second-order valence-corrected chi connectivity index (χ2v) is 17.1. The molecule has 0 spiro atoms. The van der Waals surface area contributed by atoms with E-state index in [2.05, 4.69) is 60.2 Å². The molecular formula is C35H55N3OS2. The quantitative estimate of drug-likeness (QED) is 0.178. The number of amides is 2. The zero-order chi connectivity index (χ0) is 28.6. The molecule has 5 aliphatic rings. The molecule has 0 aliphatic heterocycles. The Balaban J connectivity index is 0.945. The van der Waals surface area contributed by atoms with Gasteiger partial charge in [0, 0.05) is 23.1 Å². The lowest BCUT2D eigenvalue weighted by molar-refractivity contribution is -0.135. The summed E-state index contributed by atoms with van der Waals surface area (Å²) in [4.78, 5) is 17.2. The molecule has 0 saturated heterocycles. The lowest BCUT2D eigenvalue weighted by Crippen LogP contribution is -2.55. The SMILES string of the molecule is CC[C@H]1CC2C3CCC(CCCNC(=O)NSC4C=CC(c5csc(C)n5)CC4)C3(C)CC[C@@H]2C2(C)CCCCC12. The maximum Gasteiger partial charge on any atom is 0.324 e. The normalized spacial score (nSPS) is 41.8. The highest BCUT2D eigenvalue weighted by Crippen LogP contribution is 2.69. The van der Waals surface area contributed by atoms with Gasteiger partial charge < -0.3 is 5.32 Å². The number of nitrogens with one attached hydrogen (secondary N) is 2. The van der Waals surface area contributed by atoms with Crippen LogP contribution in [0.15, 0.2) is 17.5 Å². The summed E-state index contributed by atoms with van der Waals surface area (Å²) in [7, 11) is 0. The first-order valence-corrected chi connectivity index (χ1v) is 18.9. The van der Waals surface area contributed by atoms with Gasteiger partial charge in [-0.1, -0.05) is 52.2 Å². The van der Waals surface area contributed by atoms with Crippen LogP contribution < -0.4 is 10.0 Å². The van der Waals surface area contributed by atoms with E-state index < -0.39 is 0 Å². The second-order valence-electron chi connectivity index (χ2n) is 15.0. The van der Waals surface area contributed by atoms with Crippen molar-refractivity contribution in [3.63, 3.8) is 0 Å². The number of rotatable bonds is 8. The monoisotopic (exact) mass is 597 g/mol. The van der Waals surface area contributed by atoms with Crippen LogP contribution in [0, 0.1) is 53.3 Å². The Morgan fingerprint density at radius 1 is 1.02 bits per heavy atom. The zero-order valence-electron chi connectivity index (χ0n) is 26.1. The number of hydrogen-bond acceptors (Lipinski definition) is 4. The minimum Gasteiger partial charge on any atom is -0.337 e. The van der Waals surface area contributed by atoms with Gasteiger partial charge in [0.2, 0.25) is 0 Å². The number of aryl methyl sites for hydroxylation is 1. The van der Waals surface area contributed by atoms with Crippen LogP contribution in [0.5, 0.6) is 0 Å². The first-order chi connectivity index (χ1) is 19.8. The van der Waals surface area contributed by atoms with Crippen LogP contribution in [0.4, 0.5) is 4.79 Å². The Morgan fingerprint density at radius 3 is 2.63 bits per heavy atom. The molecule has 228 valence electrons. The van der Waals surface area contributed by atoms with E-state index in [-0.39, 0.29) is 6.03 Å². The number of aromatic nitrogens is 1. The molecule has 1 heterocycles. The number of allylic oxidation sites excluding steroid dienone is 1. The topological polar surface area (TPSA) is 54.0 Å². The fraction of sp³-hybridized carbons (Fsp3) is 0.829. The van der Waals surface area contributed by atoms with Gasteiger partial charge in [-0.25, -0.2) is 9.78 Å².